The monoisotopic (exact) mass is 348 g/mol. The summed E-state index contributed by atoms with van der Waals surface area (Å²) in [4.78, 5) is 31.3. The topological polar surface area (TPSA) is 89.4 Å². The zero-order valence-electron chi connectivity index (χ0n) is 14.0. The molecule has 1 N–H and O–H groups in total. The molecule has 0 aliphatic heterocycles. The molecule has 0 radical (unpaired) electrons. The fourth-order valence-corrected chi connectivity index (χ4v) is 2.44. The predicted octanol–water partition coefficient (Wildman–Crippen LogP) is 3.51. The van der Waals surface area contributed by atoms with Crippen molar-refractivity contribution >= 4 is 11.9 Å². The van der Waals surface area contributed by atoms with Gasteiger partial charge in [-0.15, -0.1) is 0 Å². The molecule has 3 rings (SSSR count). The standard InChI is InChI=1S/C20H16N2O4/c1-13-11-21-18(19(23)24)22-17(13)15-8-5-9-16(10-15)20(25)26-12-14-6-3-2-4-7-14/h2-11H,12H2,1H3,(H,23,24). The Bertz CT molecular complexity index is 955. The number of carbonyl (C=O) groups excluding carboxylic acids is 1. The molecular weight excluding hydrogens is 332 g/mol. The molecule has 130 valence electrons. The van der Waals surface area contributed by atoms with E-state index in [-0.39, 0.29) is 12.4 Å². The molecule has 26 heavy (non-hydrogen) atoms. The van der Waals surface area contributed by atoms with Crippen molar-refractivity contribution < 1.29 is 19.4 Å². The SMILES string of the molecule is Cc1cnc(C(=O)O)nc1-c1cccc(C(=O)OCc2ccccc2)c1. The van der Waals surface area contributed by atoms with E-state index in [1.165, 1.54) is 6.20 Å². The van der Waals surface area contributed by atoms with Crippen LogP contribution in [0.25, 0.3) is 11.3 Å². The first-order valence-corrected chi connectivity index (χ1v) is 7.93. The van der Waals surface area contributed by atoms with Gasteiger partial charge in [-0.05, 0) is 30.2 Å². The molecular formula is C20H16N2O4. The van der Waals surface area contributed by atoms with Crippen molar-refractivity contribution in [1.82, 2.24) is 9.97 Å². The number of aromatic carboxylic acids is 1. The van der Waals surface area contributed by atoms with Gasteiger partial charge < -0.3 is 9.84 Å². The van der Waals surface area contributed by atoms with Gasteiger partial charge in [0.2, 0.25) is 5.82 Å². The Hall–Kier alpha value is -3.54. The van der Waals surface area contributed by atoms with Crippen LogP contribution in [0.3, 0.4) is 0 Å². The van der Waals surface area contributed by atoms with Gasteiger partial charge in [-0.1, -0.05) is 42.5 Å². The van der Waals surface area contributed by atoms with E-state index >= 15 is 0 Å². The average molecular weight is 348 g/mol. The number of carboxylic acid groups (broad SMARTS) is 1. The van der Waals surface area contributed by atoms with E-state index in [2.05, 4.69) is 9.97 Å². The minimum absolute atomic E-state index is 0.180. The zero-order chi connectivity index (χ0) is 18.5. The van der Waals surface area contributed by atoms with Crippen molar-refractivity contribution in [3.8, 4) is 11.3 Å². The van der Waals surface area contributed by atoms with Gasteiger partial charge >= 0.3 is 11.9 Å². The number of hydrogen-bond donors (Lipinski definition) is 1. The number of aromatic nitrogens is 2. The molecule has 0 bridgehead atoms. The number of esters is 1. The van der Waals surface area contributed by atoms with Crippen LogP contribution in [0.5, 0.6) is 0 Å². The molecule has 1 aromatic heterocycles. The lowest BCUT2D eigenvalue weighted by atomic mass is 10.0. The summed E-state index contributed by atoms with van der Waals surface area (Å²) in [5.41, 5.74) is 3.07. The molecule has 0 amide bonds. The lowest BCUT2D eigenvalue weighted by Crippen LogP contribution is -2.07. The molecule has 0 saturated carbocycles. The molecule has 0 aliphatic rings. The first-order valence-electron chi connectivity index (χ1n) is 7.93. The summed E-state index contributed by atoms with van der Waals surface area (Å²) >= 11 is 0. The average Bonchev–Trinajstić information content (AvgIpc) is 2.67. The van der Waals surface area contributed by atoms with Crippen LogP contribution in [0, 0.1) is 6.92 Å². The van der Waals surface area contributed by atoms with Gasteiger partial charge in [-0.3, -0.25) is 0 Å². The first-order chi connectivity index (χ1) is 12.5. The van der Waals surface area contributed by atoms with Crippen LogP contribution in [-0.4, -0.2) is 27.0 Å². The lowest BCUT2D eigenvalue weighted by Gasteiger charge is -2.08. The molecule has 0 fully saturated rings. The summed E-state index contributed by atoms with van der Waals surface area (Å²) in [7, 11) is 0. The van der Waals surface area contributed by atoms with Gasteiger partial charge in [0.25, 0.3) is 0 Å². The van der Waals surface area contributed by atoms with Crippen LogP contribution in [0.15, 0.2) is 60.8 Å². The van der Waals surface area contributed by atoms with Gasteiger partial charge in [-0.25, -0.2) is 19.6 Å². The van der Waals surface area contributed by atoms with E-state index in [4.69, 9.17) is 9.84 Å². The molecule has 3 aromatic rings. The number of ether oxygens (including phenoxy) is 1. The highest BCUT2D eigenvalue weighted by Crippen LogP contribution is 2.22. The summed E-state index contributed by atoms with van der Waals surface area (Å²) in [6.07, 6.45) is 1.45. The molecule has 0 spiro atoms. The van der Waals surface area contributed by atoms with Crippen molar-refractivity contribution in [3.63, 3.8) is 0 Å². The van der Waals surface area contributed by atoms with Gasteiger partial charge in [-0.2, -0.15) is 0 Å². The predicted molar refractivity (Wildman–Crippen MR) is 94.7 cm³/mol. The summed E-state index contributed by atoms with van der Waals surface area (Å²) in [6.45, 7) is 1.96. The highest BCUT2D eigenvalue weighted by atomic mass is 16.5. The van der Waals surface area contributed by atoms with Crippen LogP contribution in [-0.2, 0) is 11.3 Å². The second kappa shape index (κ2) is 7.57. The second-order valence-corrected chi connectivity index (χ2v) is 5.67. The smallest absolute Gasteiger partial charge is 0.373 e. The third-order valence-corrected chi connectivity index (χ3v) is 3.75. The minimum Gasteiger partial charge on any atom is -0.475 e. The quantitative estimate of drug-likeness (QED) is 0.710. The molecule has 1 heterocycles. The van der Waals surface area contributed by atoms with Crippen molar-refractivity contribution in [3.05, 3.63) is 83.3 Å². The normalized spacial score (nSPS) is 10.3. The van der Waals surface area contributed by atoms with Crippen LogP contribution >= 0.6 is 0 Å². The van der Waals surface area contributed by atoms with Gasteiger partial charge in [0, 0.05) is 11.8 Å². The Kier molecular flexibility index (Phi) is 5.03. The maximum absolute atomic E-state index is 12.3. The number of benzene rings is 2. The van der Waals surface area contributed by atoms with E-state index < -0.39 is 11.9 Å². The number of aryl methyl sites for hydroxylation is 1. The number of hydrogen-bond acceptors (Lipinski definition) is 5. The summed E-state index contributed by atoms with van der Waals surface area (Å²) in [6, 6.07) is 16.1. The maximum Gasteiger partial charge on any atom is 0.373 e. The van der Waals surface area contributed by atoms with Crippen molar-refractivity contribution in [2.75, 3.05) is 0 Å². The maximum atomic E-state index is 12.3. The first kappa shape index (κ1) is 17.3. The number of carbonyl (C=O) groups is 2. The summed E-state index contributed by atoms with van der Waals surface area (Å²) in [5.74, 6) is -1.95. The summed E-state index contributed by atoms with van der Waals surface area (Å²) < 4.78 is 5.33. The fraction of sp³-hybridized carbons (Fsp3) is 0.100. The zero-order valence-corrected chi connectivity index (χ0v) is 14.0. The van der Waals surface area contributed by atoms with E-state index in [9.17, 15) is 9.59 Å². The molecule has 0 unspecified atom stereocenters. The van der Waals surface area contributed by atoms with Gasteiger partial charge in [0.05, 0.1) is 11.3 Å². The Morgan fingerprint density at radius 3 is 2.58 bits per heavy atom. The lowest BCUT2D eigenvalue weighted by molar-refractivity contribution is 0.0472. The van der Waals surface area contributed by atoms with E-state index in [1.807, 2.05) is 30.3 Å². The molecule has 0 atom stereocenters. The Labute approximate surface area is 150 Å². The van der Waals surface area contributed by atoms with Gasteiger partial charge in [0.15, 0.2) is 0 Å². The third-order valence-electron chi connectivity index (χ3n) is 3.75. The minimum atomic E-state index is -1.20. The molecule has 0 saturated heterocycles. The third kappa shape index (κ3) is 3.92. The highest BCUT2D eigenvalue weighted by Gasteiger charge is 2.14. The van der Waals surface area contributed by atoms with Crippen LogP contribution in [0.1, 0.15) is 32.1 Å². The fourth-order valence-electron chi connectivity index (χ4n) is 2.44. The number of rotatable bonds is 5. The number of carboxylic acids is 1. The Balaban J connectivity index is 1.83. The molecule has 6 nitrogen and oxygen atoms in total. The van der Waals surface area contributed by atoms with Crippen molar-refractivity contribution in [2.45, 2.75) is 13.5 Å². The summed E-state index contributed by atoms with van der Waals surface area (Å²) in [5, 5.41) is 9.07. The number of nitrogens with zero attached hydrogens (tertiary/aromatic N) is 2. The van der Waals surface area contributed by atoms with E-state index in [1.54, 1.807) is 31.2 Å². The molecule has 2 aromatic carbocycles. The second-order valence-electron chi connectivity index (χ2n) is 5.67. The Morgan fingerprint density at radius 2 is 1.85 bits per heavy atom. The molecule has 0 aliphatic carbocycles. The van der Waals surface area contributed by atoms with Crippen molar-refractivity contribution in [1.29, 1.82) is 0 Å². The van der Waals surface area contributed by atoms with E-state index in [0.717, 1.165) is 5.56 Å². The Morgan fingerprint density at radius 1 is 1.08 bits per heavy atom. The highest BCUT2D eigenvalue weighted by molar-refractivity contribution is 5.91. The van der Waals surface area contributed by atoms with Crippen LogP contribution in [0.4, 0.5) is 0 Å². The van der Waals surface area contributed by atoms with Gasteiger partial charge in [0.1, 0.15) is 6.61 Å². The van der Waals surface area contributed by atoms with Crippen LogP contribution < -0.4 is 0 Å². The molecule has 6 heteroatoms. The van der Waals surface area contributed by atoms with Crippen LogP contribution in [0.2, 0.25) is 0 Å². The van der Waals surface area contributed by atoms with Crippen molar-refractivity contribution in [2.24, 2.45) is 0 Å². The largest absolute Gasteiger partial charge is 0.475 e. The van der Waals surface area contributed by atoms with E-state index in [0.29, 0.717) is 22.4 Å².